The summed E-state index contributed by atoms with van der Waals surface area (Å²) in [5.41, 5.74) is 6.23. The number of halogens is 1. The quantitative estimate of drug-likeness (QED) is 0.641. The van der Waals surface area contributed by atoms with Gasteiger partial charge in [-0.2, -0.15) is 0 Å². The summed E-state index contributed by atoms with van der Waals surface area (Å²) in [6.45, 7) is 10.1. The van der Waals surface area contributed by atoms with Crippen molar-refractivity contribution in [1.29, 1.82) is 0 Å². The van der Waals surface area contributed by atoms with Gasteiger partial charge in [-0.05, 0) is 64.2 Å². The molecule has 0 aliphatic carbocycles. The number of nitrogens with zero attached hydrogens (tertiary/aromatic N) is 2. The predicted molar refractivity (Wildman–Crippen MR) is 127 cm³/mol. The molecule has 1 unspecified atom stereocenters. The fourth-order valence-electron chi connectivity index (χ4n) is 6.14. The number of benzene rings is 1. The number of carbonyl (C=O) groups excluding carboxylic acids is 3. The summed E-state index contributed by atoms with van der Waals surface area (Å²) >= 11 is 0. The van der Waals surface area contributed by atoms with Crippen molar-refractivity contribution >= 4 is 29.0 Å². The Balaban J connectivity index is 1.84. The number of anilines is 2. The highest BCUT2D eigenvalue weighted by Crippen LogP contribution is 2.48. The second kappa shape index (κ2) is 8.92. The first-order valence-corrected chi connectivity index (χ1v) is 12.0. The minimum atomic E-state index is -1.58. The standard InChI is InChI=1S/C25H35FN4O4/c1-13-11-30-22-19(8-20(9-21(22)26)29-7-6-18(12-29)14(2)27)10-25(16(4)31,23(30)15(3)34-13)24(33)28-17(5)32/h8-9,13-15,18,23H,6-7,10-12,27H2,1-5H3,(H,28,32,33)/t13-,14-,15+,18?,23-,25+/m1/s1. The Labute approximate surface area is 200 Å². The molecule has 0 radical (unpaired) electrons. The number of ketones is 1. The lowest BCUT2D eigenvalue weighted by atomic mass is 9.65. The van der Waals surface area contributed by atoms with Crippen molar-refractivity contribution in [3.05, 3.63) is 23.5 Å². The van der Waals surface area contributed by atoms with Crippen molar-refractivity contribution in [3.63, 3.8) is 0 Å². The zero-order chi connectivity index (χ0) is 24.9. The number of Topliss-reactive ketones (excluding diaryl/α,β-unsaturated/α-hetero) is 1. The van der Waals surface area contributed by atoms with E-state index in [0.717, 1.165) is 25.2 Å². The molecule has 0 aromatic heterocycles. The number of amides is 2. The first-order chi connectivity index (χ1) is 16.0. The highest BCUT2D eigenvalue weighted by atomic mass is 19.1. The van der Waals surface area contributed by atoms with Crippen LogP contribution in [0.1, 0.15) is 46.6 Å². The summed E-state index contributed by atoms with van der Waals surface area (Å²) in [7, 11) is 0. The number of fused-ring (bicyclic) bond motifs is 3. The Morgan fingerprint density at radius 1 is 1.24 bits per heavy atom. The third-order valence-electron chi connectivity index (χ3n) is 7.73. The molecule has 3 aliphatic rings. The van der Waals surface area contributed by atoms with Crippen molar-refractivity contribution in [2.75, 3.05) is 29.4 Å². The van der Waals surface area contributed by atoms with Crippen LogP contribution in [0.4, 0.5) is 15.8 Å². The highest BCUT2D eigenvalue weighted by molar-refractivity contribution is 6.11. The fraction of sp³-hybridized carbons (Fsp3) is 0.640. The van der Waals surface area contributed by atoms with Crippen LogP contribution in [0.3, 0.4) is 0 Å². The van der Waals surface area contributed by atoms with E-state index in [2.05, 4.69) is 10.2 Å². The fourth-order valence-corrected chi connectivity index (χ4v) is 6.14. The Morgan fingerprint density at radius 3 is 2.53 bits per heavy atom. The highest BCUT2D eigenvalue weighted by Gasteiger charge is 2.59. The number of imide groups is 1. The molecule has 2 fully saturated rings. The Hall–Kier alpha value is -2.52. The average molecular weight is 475 g/mol. The van der Waals surface area contributed by atoms with Gasteiger partial charge in [-0.3, -0.25) is 19.7 Å². The van der Waals surface area contributed by atoms with Gasteiger partial charge in [0.05, 0.1) is 23.9 Å². The van der Waals surface area contributed by atoms with Crippen LogP contribution in [0, 0.1) is 17.2 Å². The molecule has 0 saturated carbocycles. The van der Waals surface area contributed by atoms with Gasteiger partial charge in [0, 0.05) is 38.3 Å². The Bertz CT molecular complexity index is 1010. The van der Waals surface area contributed by atoms with Crippen LogP contribution in [0.25, 0.3) is 0 Å². The topological polar surface area (TPSA) is 105 Å². The number of hydrogen-bond acceptors (Lipinski definition) is 7. The number of carbonyl (C=O) groups is 3. The van der Waals surface area contributed by atoms with Gasteiger partial charge in [-0.1, -0.05) is 0 Å². The molecular formula is C25H35FN4O4. The molecule has 2 saturated heterocycles. The number of nitrogens with two attached hydrogens (primary N) is 1. The van der Waals surface area contributed by atoms with Gasteiger partial charge in [0.2, 0.25) is 11.8 Å². The largest absolute Gasteiger partial charge is 0.372 e. The Kier molecular flexibility index (Phi) is 6.46. The van der Waals surface area contributed by atoms with Crippen LogP contribution >= 0.6 is 0 Å². The van der Waals surface area contributed by atoms with Crippen LogP contribution in [-0.2, 0) is 25.5 Å². The van der Waals surface area contributed by atoms with E-state index in [1.807, 2.05) is 24.8 Å². The minimum absolute atomic E-state index is 0.00462. The van der Waals surface area contributed by atoms with Crippen molar-refractivity contribution in [2.45, 2.75) is 71.8 Å². The molecule has 8 nitrogen and oxygen atoms in total. The van der Waals surface area contributed by atoms with E-state index in [9.17, 15) is 14.4 Å². The number of rotatable bonds is 4. The maximum absolute atomic E-state index is 15.8. The van der Waals surface area contributed by atoms with Gasteiger partial charge in [-0.25, -0.2) is 4.39 Å². The van der Waals surface area contributed by atoms with Gasteiger partial charge in [0.25, 0.3) is 0 Å². The molecular weight excluding hydrogens is 439 g/mol. The molecule has 34 heavy (non-hydrogen) atoms. The number of nitrogens with one attached hydrogen (secondary N) is 1. The van der Waals surface area contributed by atoms with Gasteiger partial charge >= 0.3 is 0 Å². The molecule has 6 atom stereocenters. The molecule has 3 heterocycles. The monoisotopic (exact) mass is 474 g/mol. The zero-order valence-electron chi connectivity index (χ0n) is 20.6. The van der Waals surface area contributed by atoms with Gasteiger partial charge in [-0.15, -0.1) is 0 Å². The van der Waals surface area contributed by atoms with Crippen molar-refractivity contribution in [3.8, 4) is 0 Å². The van der Waals surface area contributed by atoms with Crippen LogP contribution in [-0.4, -0.2) is 61.5 Å². The second-order valence-electron chi connectivity index (χ2n) is 10.3. The molecule has 0 spiro atoms. The van der Waals surface area contributed by atoms with E-state index >= 15 is 4.39 Å². The Morgan fingerprint density at radius 2 is 1.94 bits per heavy atom. The van der Waals surface area contributed by atoms with Gasteiger partial charge in [0.1, 0.15) is 17.0 Å². The van der Waals surface area contributed by atoms with Crippen molar-refractivity contribution < 1.29 is 23.5 Å². The second-order valence-corrected chi connectivity index (χ2v) is 10.3. The molecule has 186 valence electrons. The van der Waals surface area contributed by atoms with E-state index in [1.165, 1.54) is 13.8 Å². The smallest absolute Gasteiger partial charge is 0.242 e. The molecule has 3 N–H and O–H groups in total. The van der Waals surface area contributed by atoms with Crippen molar-refractivity contribution in [2.24, 2.45) is 17.1 Å². The van der Waals surface area contributed by atoms with Crippen LogP contribution in [0.2, 0.25) is 0 Å². The predicted octanol–water partition coefficient (Wildman–Crippen LogP) is 1.78. The first kappa shape index (κ1) is 24.6. The summed E-state index contributed by atoms with van der Waals surface area (Å²) in [4.78, 5) is 42.4. The summed E-state index contributed by atoms with van der Waals surface area (Å²) < 4.78 is 21.8. The molecule has 4 rings (SSSR count). The molecule has 1 aromatic carbocycles. The van der Waals surface area contributed by atoms with Crippen LogP contribution < -0.4 is 20.9 Å². The lowest BCUT2D eigenvalue weighted by molar-refractivity contribution is -0.151. The molecule has 0 bridgehead atoms. The molecule has 2 amide bonds. The molecule has 3 aliphatic heterocycles. The average Bonchev–Trinajstić information content (AvgIpc) is 3.22. The lowest BCUT2D eigenvalue weighted by Crippen LogP contribution is -2.70. The van der Waals surface area contributed by atoms with E-state index in [1.54, 1.807) is 13.0 Å². The normalized spacial score (nSPS) is 31.5. The lowest BCUT2D eigenvalue weighted by Gasteiger charge is -2.54. The van der Waals surface area contributed by atoms with Crippen LogP contribution in [0.5, 0.6) is 0 Å². The van der Waals surface area contributed by atoms with E-state index in [4.69, 9.17) is 10.5 Å². The third kappa shape index (κ3) is 3.98. The SMILES string of the molecule is CC(=O)NC(=O)[C@]1(C(C)=O)Cc2cc(N3CCC([C@@H](C)N)C3)cc(F)c2N2C[C@@H](C)O[C@@H](C)[C@@H]21. The zero-order valence-corrected chi connectivity index (χ0v) is 20.6. The van der Waals surface area contributed by atoms with Crippen LogP contribution in [0.15, 0.2) is 12.1 Å². The maximum atomic E-state index is 15.8. The summed E-state index contributed by atoms with van der Waals surface area (Å²) in [6, 6.07) is 2.75. The van der Waals surface area contributed by atoms with E-state index in [-0.39, 0.29) is 30.2 Å². The number of morpholine rings is 1. The van der Waals surface area contributed by atoms with E-state index < -0.39 is 29.4 Å². The summed E-state index contributed by atoms with van der Waals surface area (Å²) in [5, 5.41) is 2.33. The summed E-state index contributed by atoms with van der Waals surface area (Å²) in [5.74, 6) is -1.64. The summed E-state index contributed by atoms with van der Waals surface area (Å²) in [6.07, 6.45) is 0.176. The van der Waals surface area contributed by atoms with Gasteiger partial charge in [0.15, 0.2) is 0 Å². The van der Waals surface area contributed by atoms with Gasteiger partial charge < -0.3 is 20.3 Å². The third-order valence-corrected chi connectivity index (χ3v) is 7.73. The van der Waals surface area contributed by atoms with E-state index in [0.29, 0.717) is 23.7 Å². The molecule has 1 aromatic rings. The van der Waals surface area contributed by atoms with Crippen molar-refractivity contribution in [1.82, 2.24) is 5.32 Å². The first-order valence-electron chi connectivity index (χ1n) is 12.0. The minimum Gasteiger partial charge on any atom is -0.372 e. The maximum Gasteiger partial charge on any atom is 0.242 e. The molecule has 9 heteroatoms. The number of ether oxygens (including phenoxy) is 1. The number of hydrogen-bond donors (Lipinski definition) is 2.